The standard InChI is InChI=1S/C33H32Cl3N3O4S/c1-2-20-37-33(41)31(21-24-10-5-3-6-11-24)38(22-28-29(35)14-9-15-30(28)36)32(40)23-39(26-18-16-25(34)17-19-26)44(42,43)27-12-7-4-8-13-27/h3-19,31H,2,20-23H2,1H3,(H,37,41)/t31-/m0/s1. The molecule has 7 nitrogen and oxygen atoms in total. The van der Waals surface area contributed by atoms with Gasteiger partial charge in [-0.1, -0.05) is 96.3 Å². The van der Waals surface area contributed by atoms with Gasteiger partial charge in [-0.2, -0.15) is 0 Å². The van der Waals surface area contributed by atoms with Gasteiger partial charge in [0.25, 0.3) is 10.0 Å². The number of anilines is 1. The normalized spacial score (nSPS) is 11.9. The molecular weight excluding hydrogens is 641 g/mol. The first kappa shape index (κ1) is 33.3. The summed E-state index contributed by atoms with van der Waals surface area (Å²) in [5, 5.41) is 3.94. The lowest BCUT2D eigenvalue weighted by atomic mass is 10.0. The van der Waals surface area contributed by atoms with Gasteiger partial charge in [0, 0.05) is 40.1 Å². The van der Waals surface area contributed by atoms with Crippen LogP contribution in [0, 0.1) is 0 Å². The van der Waals surface area contributed by atoms with Gasteiger partial charge >= 0.3 is 0 Å². The second-order valence-corrected chi connectivity index (χ2v) is 13.1. The molecular formula is C33H32Cl3N3O4S. The fourth-order valence-corrected chi connectivity index (χ4v) is 6.71. The molecule has 230 valence electrons. The largest absolute Gasteiger partial charge is 0.354 e. The van der Waals surface area contributed by atoms with Crippen molar-refractivity contribution < 1.29 is 18.0 Å². The first-order valence-electron chi connectivity index (χ1n) is 14.0. The maximum Gasteiger partial charge on any atom is 0.264 e. The molecule has 0 aliphatic carbocycles. The van der Waals surface area contributed by atoms with Crippen molar-refractivity contribution in [1.29, 1.82) is 0 Å². The predicted molar refractivity (Wildman–Crippen MR) is 177 cm³/mol. The van der Waals surface area contributed by atoms with E-state index in [-0.39, 0.29) is 29.5 Å². The van der Waals surface area contributed by atoms with E-state index in [1.54, 1.807) is 48.5 Å². The number of rotatable bonds is 13. The molecule has 0 bridgehead atoms. The fraction of sp³-hybridized carbons (Fsp3) is 0.212. The number of halogens is 3. The van der Waals surface area contributed by atoms with Crippen LogP contribution in [0.15, 0.2) is 108 Å². The predicted octanol–water partition coefficient (Wildman–Crippen LogP) is 7.01. The summed E-state index contributed by atoms with van der Waals surface area (Å²) in [4.78, 5) is 29.5. The molecule has 0 fully saturated rings. The number of amides is 2. The maximum absolute atomic E-state index is 14.4. The van der Waals surface area contributed by atoms with Crippen LogP contribution >= 0.6 is 34.8 Å². The van der Waals surface area contributed by atoms with Gasteiger partial charge in [-0.05, 0) is 60.5 Å². The minimum atomic E-state index is -4.21. The summed E-state index contributed by atoms with van der Waals surface area (Å²) in [6.45, 7) is 1.59. The number of carbonyl (C=O) groups is 2. The molecule has 0 unspecified atom stereocenters. The Bertz CT molecular complexity index is 1650. The molecule has 4 aromatic rings. The monoisotopic (exact) mass is 671 g/mol. The molecule has 0 heterocycles. The van der Waals surface area contributed by atoms with Crippen molar-refractivity contribution in [3.63, 3.8) is 0 Å². The zero-order chi connectivity index (χ0) is 31.7. The lowest BCUT2D eigenvalue weighted by Crippen LogP contribution is -2.53. The highest BCUT2D eigenvalue weighted by atomic mass is 35.5. The van der Waals surface area contributed by atoms with E-state index in [1.165, 1.54) is 29.2 Å². The van der Waals surface area contributed by atoms with Crippen molar-refractivity contribution in [2.24, 2.45) is 0 Å². The molecule has 2 amide bonds. The summed E-state index contributed by atoms with van der Waals surface area (Å²) in [6, 6.07) is 27.3. The Kier molecular flexibility index (Phi) is 11.7. The van der Waals surface area contributed by atoms with Gasteiger partial charge < -0.3 is 10.2 Å². The number of sulfonamides is 1. The summed E-state index contributed by atoms with van der Waals surface area (Å²) >= 11 is 19.2. The molecule has 4 rings (SSSR count). The zero-order valence-corrected chi connectivity index (χ0v) is 27.1. The molecule has 1 atom stereocenters. The van der Waals surface area contributed by atoms with Crippen LogP contribution in [-0.2, 0) is 32.6 Å². The third-order valence-corrected chi connectivity index (χ3v) is 9.68. The van der Waals surface area contributed by atoms with E-state index in [2.05, 4.69) is 5.32 Å². The van der Waals surface area contributed by atoms with Crippen molar-refractivity contribution in [2.45, 2.75) is 37.2 Å². The third-order valence-electron chi connectivity index (χ3n) is 6.94. The van der Waals surface area contributed by atoms with Gasteiger partial charge in [0.1, 0.15) is 12.6 Å². The lowest BCUT2D eigenvalue weighted by molar-refractivity contribution is -0.140. The number of nitrogens with zero attached hydrogens (tertiary/aromatic N) is 2. The Labute approximate surface area is 273 Å². The molecule has 0 aromatic heterocycles. The van der Waals surface area contributed by atoms with Crippen LogP contribution in [0.1, 0.15) is 24.5 Å². The highest BCUT2D eigenvalue weighted by Gasteiger charge is 2.35. The summed E-state index contributed by atoms with van der Waals surface area (Å²) in [5.41, 5.74) is 1.49. The van der Waals surface area contributed by atoms with Gasteiger partial charge in [0.05, 0.1) is 10.6 Å². The Morgan fingerprint density at radius 3 is 1.98 bits per heavy atom. The Hall–Kier alpha value is -3.56. The molecule has 0 spiro atoms. The first-order valence-corrected chi connectivity index (χ1v) is 16.6. The molecule has 0 aliphatic heterocycles. The van der Waals surface area contributed by atoms with Crippen molar-refractivity contribution in [1.82, 2.24) is 10.2 Å². The van der Waals surface area contributed by atoms with E-state index < -0.39 is 28.5 Å². The van der Waals surface area contributed by atoms with E-state index in [9.17, 15) is 18.0 Å². The summed E-state index contributed by atoms with van der Waals surface area (Å²) in [7, 11) is -4.21. The average molecular weight is 673 g/mol. The molecule has 0 saturated carbocycles. The van der Waals surface area contributed by atoms with Crippen molar-refractivity contribution in [3.05, 3.63) is 129 Å². The molecule has 0 aliphatic rings. The highest BCUT2D eigenvalue weighted by molar-refractivity contribution is 7.92. The molecule has 0 saturated heterocycles. The lowest BCUT2D eigenvalue weighted by Gasteiger charge is -2.34. The smallest absolute Gasteiger partial charge is 0.264 e. The van der Waals surface area contributed by atoms with Crippen LogP contribution in [0.4, 0.5) is 5.69 Å². The summed E-state index contributed by atoms with van der Waals surface area (Å²) in [6.07, 6.45) is 0.865. The van der Waals surface area contributed by atoms with Gasteiger partial charge in [0.15, 0.2) is 0 Å². The number of hydrogen-bond donors (Lipinski definition) is 1. The van der Waals surface area contributed by atoms with Crippen molar-refractivity contribution in [2.75, 3.05) is 17.4 Å². The van der Waals surface area contributed by atoms with Crippen LogP contribution in [0.3, 0.4) is 0 Å². The molecule has 11 heteroatoms. The van der Waals surface area contributed by atoms with Gasteiger partial charge in [-0.25, -0.2) is 8.42 Å². The average Bonchev–Trinajstić information content (AvgIpc) is 3.03. The van der Waals surface area contributed by atoms with Crippen LogP contribution in [0.5, 0.6) is 0 Å². The second kappa shape index (κ2) is 15.4. The molecule has 4 aromatic carbocycles. The molecule has 44 heavy (non-hydrogen) atoms. The highest BCUT2D eigenvalue weighted by Crippen LogP contribution is 2.29. The minimum Gasteiger partial charge on any atom is -0.354 e. The Balaban J connectivity index is 1.82. The van der Waals surface area contributed by atoms with E-state index >= 15 is 0 Å². The van der Waals surface area contributed by atoms with Crippen molar-refractivity contribution in [3.8, 4) is 0 Å². The van der Waals surface area contributed by atoms with Crippen molar-refractivity contribution >= 4 is 62.3 Å². The Morgan fingerprint density at radius 2 is 1.39 bits per heavy atom. The zero-order valence-electron chi connectivity index (χ0n) is 24.0. The topological polar surface area (TPSA) is 86.8 Å². The first-order chi connectivity index (χ1) is 21.1. The fourth-order valence-electron chi connectivity index (χ4n) is 4.63. The van der Waals surface area contributed by atoms with Gasteiger partial charge in [0.2, 0.25) is 11.8 Å². The second-order valence-electron chi connectivity index (χ2n) is 10.0. The quantitative estimate of drug-likeness (QED) is 0.166. The maximum atomic E-state index is 14.4. The van der Waals surface area contributed by atoms with E-state index in [0.717, 1.165) is 9.87 Å². The molecule has 0 radical (unpaired) electrons. The summed E-state index contributed by atoms with van der Waals surface area (Å²) < 4.78 is 29.0. The van der Waals surface area contributed by atoms with Gasteiger partial charge in [-0.15, -0.1) is 0 Å². The van der Waals surface area contributed by atoms with E-state index in [1.807, 2.05) is 37.3 Å². The van der Waals surface area contributed by atoms with Gasteiger partial charge in [-0.3, -0.25) is 13.9 Å². The Morgan fingerprint density at radius 1 is 0.795 bits per heavy atom. The minimum absolute atomic E-state index is 0.00460. The van der Waals surface area contributed by atoms with E-state index in [4.69, 9.17) is 34.8 Å². The number of hydrogen-bond acceptors (Lipinski definition) is 4. The van der Waals surface area contributed by atoms with Crippen LogP contribution in [-0.4, -0.2) is 44.3 Å². The number of nitrogens with one attached hydrogen (secondary N) is 1. The van der Waals surface area contributed by atoms with E-state index in [0.29, 0.717) is 33.6 Å². The third kappa shape index (κ3) is 8.33. The SMILES string of the molecule is CCCNC(=O)[C@H](Cc1ccccc1)N(Cc1c(Cl)cccc1Cl)C(=O)CN(c1ccc(Cl)cc1)S(=O)(=O)c1ccccc1. The van der Waals surface area contributed by atoms with Crippen LogP contribution < -0.4 is 9.62 Å². The molecule has 1 N–H and O–H groups in total. The van der Waals surface area contributed by atoms with Crippen LogP contribution in [0.25, 0.3) is 0 Å². The van der Waals surface area contributed by atoms with Crippen LogP contribution in [0.2, 0.25) is 15.1 Å². The number of carbonyl (C=O) groups excluding carboxylic acids is 2. The summed E-state index contributed by atoms with van der Waals surface area (Å²) in [5.74, 6) is -1.00. The number of benzene rings is 4.